The first-order chi connectivity index (χ1) is 9.16. The van der Waals surface area contributed by atoms with Gasteiger partial charge in [-0.3, -0.25) is 4.79 Å². The quantitative estimate of drug-likeness (QED) is 0.849. The van der Waals surface area contributed by atoms with E-state index in [0.717, 1.165) is 38.1 Å². The summed E-state index contributed by atoms with van der Waals surface area (Å²) >= 11 is 0. The predicted octanol–water partition coefficient (Wildman–Crippen LogP) is 1.59. The number of fused-ring (bicyclic) bond motifs is 1. The Kier molecular flexibility index (Phi) is 3.29. The Bertz CT molecular complexity index is 493. The fourth-order valence-electron chi connectivity index (χ4n) is 2.81. The van der Waals surface area contributed by atoms with Gasteiger partial charge in [0.2, 0.25) is 0 Å². The maximum atomic E-state index is 12.3. The minimum absolute atomic E-state index is 0.00250. The van der Waals surface area contributed by atoms with Gasteiger partial charge in [-0.2, -0.15) is 0 Å². The topological polar surface area (TPSA) is 50.4 Å². The van der Waals surface area contributed by atoms with E-state index in [4.69, 9.17) is 4.74 Å². The number of ether oxygens (including phenoxy) is 1. The first kappa shape index (κ1) is 12.6. The van der Waals surface area contributed by atoms with Crippen molar-refractivity contribution in [1.29, 1.82) is 0 Å². The van der Waals surface area contributed by atoms with Gasteiger partial charge < -0.3 is 15.4 Å². The van der Waals surface area contributed by atoms with E-state index in [0.29, 0.717) is 6.61 Å². The summed E-state index contributed by atoms with van der Waals surface area (Å²) in [5.74, 6) is 0.00250. The molecule has 0 radical (unpaired) electrons. The van der Waals surface area contributed by atoms with Crippen LogP contribution in [0.3, 0.4) is 0 Å². The summed E-state index contributed by atoms with van der Waals surface area (Å²) in [5, 5.41) is 6.41. The van der Waals surface area contributed by atoms with Crippen molar-refractivity contribution < 1.29 is 9.53 Å². The highest BCUT2D eigenvalue weighted by Gasteiger charge is 2.29. The van der Waals surface area contributed by atoms with Crippen molar-refractivity contribution in [2.45, 2.75) is 38.4 Å². The highest BCUT2D eigenvalue weighted by atomic mass is 16.5. The second kappa shape index (κ2) is 4.94. The first-order valence-corrected chi connectivity index (χ1v) is 6.89. The minimum atomic E-state index is -0.230. The van der Waals surface area contributed by atoms with Gasteiger partial charge in [0.1, 0.15) is 0 Å². The van der Waals surface area contributed by atoms with E-state index in [1.807, 2.05) is 18.2 Å². The van der Waals surface area contributed by atoms with Gasteiger partial charge in [0.15, 0.2) is 0 Å². The van der Waals surface area contributed by atoms with Crippen molar-refractivity contribution in [1.82, 2.24) is 10.6 Å². The lowest BCUT2D eigenvalue weighted by Crippen LogP contribution is -2.51. The van der Waals surface area contributed by atoms with Gasteiger partial charge in [0.25, 0.3) is 5.91 Å². The van der Waals surface area contributed by atoms with Gasteiger partial charge in [-0.25, -0.2) is 0 Å². The summed E-state index contributed by atoms with van der Waals surface area (Å²) < 4.78 is 5.47. The van der Waals surface area contributed by atoms with Crippen LogP contribution in [0.2, 0.25) is 0 Å². The van der Waals surface area contributed by atoms with E-state index in [9.17, 15) is 4.79 Å². The number of benzene rings is 1. The fraction of sp³-hybridized carbons (Fsp3) is 0.533. The predicted molar refractivity (Wildman–Crippen MR) is 72.9 cm³/mol. The Morgan fingerprint density at radius 3 is 3.00 bits per heavy atom. The molecular formula is C15H20N2O2. The molecule has 0 spiro atoms. The summed E-state index contributed by atoms with van der Waals surface area (Å²) in [6.07, 6.45) is 1.98. The molecule has 4 nitrogen and oxygen atoms in total. The molecular weight excluding hydrogens is 240 g/mol. The number of hydrogen-bond donors (Lipinski definition) is 2. The molecule has 2 N–H and O–H groups in total. The lowest BCUT2D eigenvalue weighted by atomic mass is 9.94. The molecule has 3 rings (SSSR count). The average Bonchev–Trinajstić information content (AvgIpc) is 2.86. The average molecular weight is 260 g/mol. The molecule has 19 heavy (non-hydrogen) atoms. The first-order valence-electron chi connectivity index (χ1n) is 6.89. The fourth-order valence-corrected chi connectivity index (χ4v) is 2.81. The molecule has 2 aliphatic heterocycles. The highest BCUT2D eigenvalue weighted by molar-refractivity contribution is 5.95. The van der Waals surface area contributed by atoms with Gasteiger partial charge in [-0.1, -0.05) is 6.07 Å². The molecule has 0 bridgehead atoms. The zero-order valence-corrected chi connectivity index (χ0v) is 11.3. The molecule has 2 aliphatic rings. The van der Waals surface area contributed by atoms with Crippen LogP contribution in [0, 0.1) is 0 Å². The molecule has 0 saturated carbocycles. The number of carbonyl (C=O) groups excluding carboxylic acids is 1. The number of amides is 1. The van der Waals surface area contributed by atoms with Crippen LogP contribution in [0.15, 0.2) is 18.2 Å². The van der Waals surface area contributed by atoms with Gasteiger partial charge >= 0.3 is 0 Å². The SMILES string of the molecule is CC1(NC(=O)c2ccc3c(c2)CNC3)CCCOC1. The van der Waals surface area contributed by atoms with Crippen LogP contribution < -0.4 is 10.6 Å². The smallest absolute Gasteiger partial charge is 0.251 e. The van der Waals surface area contributed by atoms with Crippen LogP contribution in [0.4, 0.5) is 0 Å². The molecule has 2 heterocycles. The Hall–Kier alpha value is -1.39. The van der Waals surface area contributed by atoms with E-state index in [-0.39, 0.29) is 11.4 Å². The Balaban J connectivity index is 1.73. The molecule has 1 fully saturated rings. The molecule has 102 valence electrons. The zero-order chi connectivity index (χ0) is 13.3. The summed E-state index contributed by atoms with van der Waals surface area (Å²) in [4.78, 5) is 12.3. The second-order valence-electron chi connectivity index (χ2n) is 5.76. The molecule has 1 aromatic rings. The molecule has 0 aliphatic carbocycles. The highest BCUT2D eigenvalue weighted by Crippen LogP contribution is 2.21. The molecule has 1 aromatic carbocycles. The Morgan fingerprint density at radius 1 is 1.37 bits per heavy atom. The number of hydrogen-bond acceptors (Lipinski definition) is 3. The van der Waals surface area contributed by atoms with Crippen LogP contribution in [0.25, 0.3) is 0 Å². The summed E-state index contributed by atoms with van der Waals surface area (Å²) in [6.45, 7) is 5.22. The van der Waals surface area contributed by atoms with Crippen molar-refractivity contribution in [3.63, 3.8) is 0 Å². The molecule has 1 atom stereocenters. The third-order valence-electron chi connectivity index (χ3n) is 3.95. The van der Waals surface area contributed by atoms with Gasteiger partial charge in [0.05, 0.1) is 12.1 Å². The maximum absolute atomic E-state index is 12.3. The summed E-state index contributed by atoms with van der Waals surface area (Å²) in [6, 6.07) is 5.95. The van der Waals surface area contributed by atoms with E-state index >= 15 is 0 Å². The normalized spacial score (nSPS) is 25.9. The summed E-state index contributed by atoms with van der Waals surface area (Å²) in [5.41, 5.74) is 3.04. The summed E-state index contributed by atoms with van der Waals surface area (Å²) in [7, 11) is 0. The Morgan fingerprint density at radius 2 is 2.21 bits per heavy atom. The largest absolute Gasteiger partial charge is 0.379 e. The van der Waals surface area contributed by atoms with Crippen LogP contribution in [-0.4, -0.2) is 24.7 Å². The van der Waals surface area contributed by atoms with Crippen molar-refractivity contribution in [2.75, 3.05) is 13.2 Å². The van der Waals surface area contributed by atoms with Crippen LogP contribution in [0.1, 0.15) is 41.3 Å². The lowest BCUT2D eigenvalue weighted by molar-refractivity contribution is 0.0272. The number of nitrogens with one attached hydrogen (secondary N) is 2. The maximum Gasteiger partial charge on any atom is 0.251 e. The Labute approximate surface area is 113 Å². The molecule has 1 saturated heterocycles. The van der Waals surface area contributed by atoms with Crippen molar-refractivity contribution in [3.05, 3.63) is 34.9 Å². The molecule has 0 aromatic heterocycles. The zero-order valence-electron chi connectivity index (χ0n) is 11.3. The van der Waals surface area contributed by atoms with E-state index < -0.39 is 0 Å². The minimum Gasteiger partial charge on any atom is -0.379 e. The standard InChI is InChI=1S/C15H20N2O2/c1-15(5-2-6-19-10-15)17-14(18)11-3-4-12-8-16-9-13(12)7-11/h3-4,7,16H,2,5-6,8-10H2,1H3,(H,17,18). The van der Waals surface area contributed by atoms with Crippen LogP contribution in [-0.2, 0) is 17.8 Å². The molecule has 1 unspecified atom stereocenters. The second-order valence-corrected chi connectivity index (χ2v) is 5.76. The number of rotatable bonds is 2. The van der Waals surface area contributed by atoms with Crippen LogP contribution in [0.5, 0.6) is 0 Å². The third kappa shape index (κ3) is 2.65. The van der Waals surface area contributed by atoms with E-state index in [1.165, 1.54) is 11.1 Å². The van der Waals surface area contributed by atoms with Gasteiger partial charge in [0, 0.05) is 25.3 Å². The van der Waals surface area contributed by atoms with Crippen molar-refractivity contribution >= 4 is 5.91 Å². The van der Waals surface area contributed by atoms with Crippen LogP contribution >= 0.6 is 0 Å². The van der Waals surface area contributed by atoms with E-state index in [1.54, 1.807) is 0 Å². The van der Waals surface area contributed by atoms with Gasteiger partial charge in [-0.15, -0.1) is 0 Å². The van der Waals surface area contributed by atoms with E-state index in [2.05, 4.69) is 17.6 Å². The van der Waals surface area contributed by atoms with Crippen molar-refractivity contribution in [3.8, 4) is 0 Å². The van der Waals surface area contributed by atoms with Crippen molar-refractivity contribution in [2.24, 2.45) is 0 Å². The molecule has 1 amide bonds. The molecule has 4 heteroatoms. The number of carbonyl (C=O) groups is 1. The van der Waals surface area contributed by atoms with Gasteiger partial charge in [-0.05, 0) is 43.0 Å². The monoisotopic (exact) mass is 260 g/mol. The lowest BCUT2D eigenvalue weighted by Gasteiger charge is -2.34. The third-order valence-corrected chi connectivity index (χ3v) is 3.95.